The van der Waals surface area contributed by atoms with E-state index in [1.807, 2.05) is 0 Å². The Kier molecular flexibility index (Phi) is 4.86. The summed E-state index contributed by atoms with van der Waals surface area (Å²) in [5, 5.41) is 11.3. The van der Waals surface area contributed by atoms with Gasteiger partial charge in [0, 0.05) is 12.0 Å². The SMILES string of the molecule is CC(C)(C)C1CCC(CN)(C2(O)CCCCCC2)CC1. The van der Waals surface area contributed by atoms with Crippen LogP contribution >= 0.6 is 0 Å². The average Bonchev–Trinajstić information content (AvgIpc) is 2.64. The molecule has 118 valence electrons. The summed E-state index contributed by atoms with van der Waals surface area (Å²) in [7, 11) is 0. The van der Waals surface area contributed by atoms with Crippen LogP contribution in [0.3, 0.4) is 0 Å². The Morgan fingerprint density at radius 2 is 1.45 bits per heavy atom. The zero-order valence-electron chi connectivity index (χ0n) is 13.9. The average molecular weight is 281 g/mol. The highest BCUT2D eigenvalue weighted by molar-refractivity contribution is 5.03. The number of aliphatic hydroxyl groups is 1. The molecule has 0 spiro atoms. The minimum Gasteiger partial charge on any atom is -0.389 e. The van der Waals surface area contributed by atoms with Crippen LogP contribution in [0.15, 0.2) is 0 Å². The molecule has 0 atom stereocenters. The summed E-state index contributed by atoms with van der Waals surface area (Å²) in [5.74, 6) is 0.788. The number of hydrogen-bond acceptors (Lipinski definition) is 2. The van der Waals surface area contributed by atoms with E-state index in [9.17, 15) is 5.11 Å². The fourth-order valence-corrected chi connectivity index (χ4v) is 4.74. The molecule has 0 bridgehead atoms. The van der Waals surface area contributed by atoms with Gasteiger partial charge in [-0.05, 0) is 49.9 Å². The maximum atomic E-state index is 11.3. The first-order chi connectivity index (χ1) is 9.33. The molecule has 0 aromatic carbocycles. The highest BCUT2D eigenvalue weighted by atomic mass is 16.3. The topological polar surface area (TPSA) is 46.2 Å². The third-order valence-corrected chi connectivity index (χ3v) is 6.48. The van der Waals surface area contributed by atoms with Crippen molar-refractivity contribution in [2.75, 3.05) is 6.54 Å². The molecule has 2 aliphatic carbocycles. The van der Waals surface area contributed by atoms with Crippen molar-refractivity contribution < 1.29 is 5.11 Å². The molecule has 20 heavy (non-hydrogen) atoms. The van der Waals surface area contributed by atoms with Crippen molar-refractivity contribution in [1.29, 1.82) is 0 Å². The summed E-state index contributed by atoms with van der Waals surface area (Å²) >= 11 is 0. The molecule has 2 fully saturated rings. The van der Waals surface area contributed by atoms with Gasteiger partial charge in [-0.25, -0.2) is 0 Å². The predicted octanol–water partition coefficient (Wildman–Crippen LogP) is 4.25. The Bertz CT molecular complexity index is 302. The lowest BCUT2D eigenvalue weighted by atomic mass is 9.56. The summed E-state index contributed by atoms with van der Waals surface area (Å²) in [5.41, 5.74) is 6.11. The molecule has 0 amide bonds. The second-order valence-electron chi connectivity index (χ2n) is 8.57. The minimum atomic E-state index is -0.485. The zero-order chi connectivity index (χ0) is 14.9. The molecule has 0 aliphatic heterocycles. The van der Waals surface area contributed by atoms with Gasteiger partial charge in [0.1, 0.15) is 0 Å². The van der Waals surface area contributed by atoms with Crippen molar-refractivity contribution in [3.05, 3.63) is 0 Å². The number of hydrogen-bond donors (Lipinski definition) is 2. The van der Waals surface area contributed by atoms with Crippen LogP contribution < -0.4 is 5.73 Å². The van der Waals surface area contributed by atoms with E-state index in [1.165, 1.54) is 38.5 Å². The second kappa shape index (κ2) is 5.96. The van der Waals surface area contributed by atoms with E-state index < -0.39 is 5.60 Å². The first kappa shape index (κ1) is 16.3. The summed E-state index contributed by atoms with van der Waals surface area (Å²) in [4.78, 5) is 0. The van der Waals surface area contributed by atoms with Crippen molar-refractivity contribution in [2.45, 2.75) is 90.6 Å². The maximum Gasteiger partial charge on any atom is 0.0715 e. The smallest absolute Gasteiger partial charge is 0.0715 e. The van der Waals surface area contributed by atoms with E-state index in [0.717, 1.165) is 31.6 Å². The van der Waals surface area contributed by atoms with Gasteiger partial charge in [-0.1, -0.05) is 46.5 Å². The standard InChI is InChI=1S/C18H35NO/c1-16(2,3)15-8-12-17(14-19,13-9-15)18(20)10-6-4-5-7-11-18/h15,20H,4-14,19H2,1-3H3. The summed E-state index contributed by atoms with van der Waals surface area (Å²) in [6.07, 6.45) is 11.6. The monoisotopic (exact) mass is 281 g/mol. The van der Waals surface area contributed by atoms with Crippen molar-refractivity contribution in [1.82, 2.24) is 0 Å². The quantitative estimate of drug-likeness (QED) is 0.743. The normalized spacial score (nSPS) is 35.5. The van der Waals surface area contributed by atoms with Crippen LogP contribution in [0.2, 0.25) is 0 Å². The molecule has 0 aromatic rings. The largest absolute Gasteiger partial charge is 0.389 e. The van der Waals surface area contributed by atoms with Crippen LogP contribution in [0.4, 0.5) is 0 Å². The lowest BCUT2D eigenvalue weighted by Gasteiger charge is -2.52. The molecule has 2 rings (SSSR count). The first-order valence-corrected chi connectivity index (χ1v) is 8.75. The third kappa shape index (κ3) is 3.06. The van der Waals surface area contributed by atoms with Gasteiger partial charge >= 0.3 is 0 Å². The second-order valence-corrected chi connectivity index (χ2v) is 8.57. The molecule has 0 unspecified atom stereocenters. The van der Waals surface area contributed by atoms with E-state index in [2.05, 4.69) is 20.8 Å². The molecular weight excluding hydrogens is 246 g/mol. The van der Waals surface area contributed by atoms with Crippen molar-refractivity contribution in [2.24, 2.45) is 22.5 Å². The Labute approximate surface area is 125 Å². The summed E-state index contributed by atoms with van der Waals surface area (Å²) in [6.45, 7) is 7.73. The number of rotatable bonds is 2. The van der Waals surface area contributed by atoms with E-state index >= 15 is 0 Å². The van der Waals surface area contributed by atoms with Crippen LogP contribution in [0, 0.1) is 16.7 Å². The molecule has 0 aromatic heterocycles. The van der Waals surface area contributed by atoms with Crippen molar-refractivity contribution in [3.8, 4) is 0 Å². The fourth-order valence-electron chi connectivity index (χ4n) is 4.74. The maximum absolute atomic E-state index is 11.3. The van der Waals surface area contributed by atoms with Crippen LogP contribution in [0.1, 0.15) is 85.0 Å². The van der Waals surface area contributed by atoms with Gasteiger partial charge in [0.2, 0.25) is 0 Å². The molecule has 0 saturated heterocycles. The predicted molar refractivity (Wildman–Crippen MR) is 85.6 cm³/mol. The van der Waals surface area contributed by atoms with Crippen LogP contribution in [0.25, 0.3) is 0 Å². The van der Waals surface area contributed by atoms with Crippen LogP contribution in [0.5, 0.6) is 0 Å². The molecule has 2 nitrogen and oxygen atoms in total. The fraction of sp³-hybridized carbons (Fsp3) is 1.00. The molecule has 2 aliphatic rings. The molecule has 3 N–H and O–H groups in total. The Balaban J connectivity index is 2.11. The molecule has 0 heterocycles. The number of nitrogens with two attached hydrogens (primary N) is 1. The molecule has 2 saturated carbocycles. The molecule has 0 radical (unpaired) electrons. The van der Waals surface area contributed by atoms with E-state index in [0.29, 0.717) is 12.0 Å². The Hall–Kier alpha value is -0.0800. The van der Waals surface area contributed by atoms with Gasteiger partial charge in [-0.3, -0.25) is 0 Å². The van der Waals surface area contributed by atoms with Gasteiger partial charge < -0.3 is 10.8 Å². The van der Waals surface area contributed by atoms with Crippen molar-refractivity contribution >= 4 is 0 Å². The highest BCUT2D eigenvalue weighted by Gasteiger charge is 2.51. The summed E-state index contributed by atoms with van der Waals surface area (Å²) < 4.78 is 0. The lowest BCUT2D eigenvalue weighted by Crippen LogP contribution is -2.54. The van der Waals surface area contributed by atoms with E-state index in [1.54, 1.807) is 0 Å². The minimum absolute atomic E-state index is 0.000903. The Morgan fingerprint density at radius 3 is 1.85 bits per heavy atom. The van der Waals surface area contributed by atoms with Gasteiger partial charge in [-0.2, -0.15) is 0 Å². The van der Waals surface area contributed by atoms with Crippen molar-refractivity contribution in [3.63, 3.8) is 0 Å². The van der Waals surface area contributed by atoms with Crippen LogP contribution in [-0.2, 0) is 0 Å². The van der Waals surface area contributed by atoms with E-state index in [4.69, 9.17) is 5.73 Å². The first-order valence-electron chi connectivity index (χ1n) is 8.75. The highest BCUT2D eigenvalue weighted by Crippen LogP contribution is 2.53. The molecule has 2 heteroatoms. The van der Waals surface area contributed by atoms with Gasteiger partial charge in [-0.15, -0.1) is 0 Å². The van der Waals surface area contributed by atoms with Crippen LogP contribution in [-0.4, -0.2) is 17.3 Å². The lowest BCUT2D eigenvalue weighted by molar-refractivity contribution is -0.119. The van der Waals surface area contributed by atoms with Gasteiger partial charge in [0.15, 0.2) is 0 Å². The zero-order valence-corrected chi connectivity index (χ0v) is 13.9. The van der Waals surface area contributed by atoms with Gasteiger partial charge in [0.05, 0.1) is 5.60 Å². The summed E-state index contributed by atoms with van der Waals surface area (Å²) in [6, 6.07) is 0. The third-order valence-electron chi connectivity index (χ3n) is 6.48. The van der Waals surface area contributed by atoms with E-state index in [-0.39, 0.29) is 5.41 Å². The van der Waals surface area contributed by atoms with Gasteiger partial charge in [0.25, 0.3) is 0 Å². The Morgan fingerprint density at radius 1 is 0.950 bits per heavy atom. The molecular formula is C18H35NO.